The molecule has 0 radical (unpaired) electrons. The molecule has 0 unspecified atom stereocenters. The molecule has 0 aliphatic carbocycles. The van der Waals surface area contributed by atoms with E-state index in [1.165, 1.54) is 17.3 Å². The molecule has 0 saturated carbocycles. The van der Waals surface area contributed by atoms with Gasteiger partial charge >= 0.3 is 0 Å². The number of carbonyl (C=O) groups is 1. The number of amides is 1. The number of hydrogen-bond donors (Lipinski definition) is 1. The molecule has 30 heavy (non-hydrogen) atoms. The van der Waals surface area contributed by atoms with E-state index in [4.69, 9.17) is 4.42 Å². The third-order valence-corrected chi connectivity index (χ3v) is 5.55. The van der Waals surface area contributed by atoms with E-state index in [0.29, 0.717) is 18.2 Å². The molecule has 0 fully saturated rings. The Morgan fingerprint density at radius 1 is 1.03 bits per heavy atom. The Morgan fingerprint density at radius 3 is 2.57 bits per heavy atom. The van der Waals surface area contributed by atoms with Crippen molar-refractivity contribution in [1.29, 1.82) is 0 Å². The maximum absolute atomic E-state index is 12.3. The fourth-order valence-corrected chi connectivity index (χ4v) is 3.76. The Morgan fingerprint density at radius 2 is 1.83 bits per heavy atom. The van der Waals surface area contributed by atoms with Gasteiger partial charge in [-0.25, -0.2) is 0 Å². The lowest BCUT2D eigenvalue weighted by atomic mass is 10.1. The van der Waals surface area contributed by atoms with Crippen LogP contribution in [0.25, 0.3) is 11.4 Å². The molecular formula is C23H22N4O2S. The summed E-state index contributed by atoms with van der Waals surface area (Å²) in [5.41, 5.74) is 3.22. The number of nitrogens with one attached hydrogen (secondary N) is 1. The molecule has 6 nitrogen and oxygen atoms in total. The fourth-order valence-electron chi connectivity index (χ4n) is 2.99. The van der Waals surface area contributed by atoms with Gasteiger partial charge in [-0.1, -0.05) is 71.9 Å². The standard InChI is InChI=1S/C23H22N4O2S/c1-17-9-11-19(12-10-17)22-25-26-23(27(22)15-20-8-5-13-29-20)30-16-21(28)24-14-18-6-3-2-4-7-18/h2-13H,14-16H2,1H3,(H,24,28). The minimum absolute atomic E-state index is 0.0479. The van der Waals surface area contributed by atoms with Crippen molar-refractivity contribution in [3.63, 3.8) is 0 Å². The van der Waals surface area contributed by atoms with Gasteiger partial charge in [-0.3, -0.25) is 9.36 Å². The molecule has 0 atom stereocenters. The number of rotatable bonds is 8. The zero-order valence-electron chi connectivity index (χ0n) is 16.6. The summed E-state index contributed by atoms with van der Waals surface area (Å²) in [4.78, 5) is 12.3. The molecule has 0 spiro atoms. The molecule has 1 amide bonds. The quantitative estimate of drug-likeness (QED) is 0.432. The van der Waals surface area contributed by atoms with Crippen LogP contribution in [0.5, 0.6) is 0 Å². The number of carbonyl (C=O) groups excluding carboxylic acids is 1. The van der Waals surface area contributed by atoms with Crippen LogP contribution in [0.3, 0.4) is 0 Å². The molecule has 2 heterocycles. The zero-order valence-corrected chi connectivity index (χ0v) is 17.4. The van der Waals surface area contributed by atoms with Crippen LogP contribution in [-0.4, -0.2) is 26.4 Å². The van der Waals surface area contributed by atoms with Crippen LogP contribution in [0.15, 0.2) is 82.6 Å². The van der Waals surface area contributed by atoms with Crippen LogP contribution in [0, 0.1) is 6.92 Å². The van der Waals surface area contributed by atoms with Crippen molar-refractivity contribution in [2.45, 2.75) is 25.2 Å². The van der Waals surface area contributed by atoms with E-state index in [2.05, 4.69) is 15.5 Å². The maximum atomic E-state index is 12.3. The van der Waals surface area contributed by atoms with Gasteiger partial charge in [0, 0.05) is 12.1 Å². The van der Waals surface area contributed by atoms with Crippen molar-refractivity contribution >= 4 is 17.7 Å². The highest BCUT2D eigenvalue weighted by Gasteiger charge is 2.17. The average Bonchev–Trinajstić information content (AvgIpc) is 3.43. The van der Waals surface area contributed by atoms with Crippen molar-refractivity contribution in [2.75, 3.05) is 5.75 Å². The van der Waals surface area contributed by atoms with Crippen molar-refractivity contribution in [1.82, 2.24) is 20.1 Å². The van der Waals surface area contributed by atoms with Gasteiger partial charge in [-0.15, -0.1) is 10.2 Å². The summed E-state index contributed by atoms with van der Waals surface area (Å²) < 4.78 is 7.50. The lowest BCUT2D eigenvalue weighted by molar-refractivity contribution is -0.118. The van der Waals surface area contributed by atoms with Crippen LogP contribution in [0.1, 0.15) is 16.9 Å². The minimum Gasteiger partial charge on any atom is -0.467 e. The van der Waals surface area contributed by atoms with E-state index in [1.54, 1.807) is 6.26 Å². The smallest absolute Gasteiger partial charge is 0.230 e. The summed E-state index contributed by atoms with van der Waals surface area (Å²) in [7, 11) is 0. The number of nitrogens with zero attached hydrogens (tertiary/aromatic N) is 3. The number of aryl methyl sites for hydroxylation is 1. The molecule has 0 bridgehead atoms. The lowest BCUT2D eigenvalue weighted by Gasteiger charge is -2.09. The zero-order chi connectivity index (χ0) is 20.8. The molecule has 152 valence electrons. The first-order valence-electron chi connectivity index (χ1n) is 9.65. The first-order valence-corrected chi connectivity index (χ1v) is 10.6. The van der Waals surface area contributed by atoms with Crippen molar-refractivity contribution < 1.29 is 9.21 Å². The van der Waals surface area contributed by atoms with Gasteiger partial charge in [0.15, 0.2) is 11.0 Å². The highest BCUT2D eigenvalue weighted by Crippen LogP contribution is 2.25. The lowest BCUT2D eigenvalue weighted by Crippen LogP contribution is -2.24. The molecule has 4 aromatic rings. The molecule has 2 aromatic heterocycles. The molecule has 2 aromatic carbocycles. The number of benzene rings is 2. The monoisotopic (exact) mass is 418 g/mol. The Hall–Kier alpha value is -3.32. The molecule has 1 N–H and O–H groups in total. The number of furan rings is 1. The molecule has 4 rings (SSSR count). The van der Waals surface area contributed by atoms with Crippen LogP contribution in [0.4, 0.5) is 0 Å². The predicted octanol–water partition coefficient (Wildman–Crippen LogP) is 4.30. The summed E-state index contributed by atoms with van der Waals surface area (Å²) in [6.07, 6.45) is 1.65. The second kappa shape index (κ2) is 9.45. The fraction of sp³-hybridized carbons (Fsp3) is 0.174. The average molecular weight is 419 g/mol. The number of hydrogen-bond acceptors (Lipinski definition) is 5. The highest BCUT2D eigenvalue weighted by atomic mass is 32.2. The van der Waals surface area contributed by atoms with Gasteiger partial charge in [0.05, 0.1) is 18.6 Å². The van der Waals surface area contributed by atoms with E-state index in [1.807, 2.05) is 78.2 Å². The van der Waals surface area contributed by atoms with Crippen molar-refractivity contribution in [2.24, 2.45) is 0 Å². The summed E-state index contributed by atoms with van der Waals surface area (Å²) in [6.45, 7) is 3.05. The number of thioether (sulfide) groups is 1. The summed E-state index contributed by atoms with van der Waals surface area (Å²) in [5, 5.41) is 12.3. The maximum Gasteiger partial charge on any atom is 0.230 e. The van der Waals surface area contributed by atoms with E-state index >= 15 is 0 Å². The van der Waals surface area contributed by atoms with Crippen molar-refractivity contribution in [3.05, 3.63) is 89.9 Å². The van der Waals surface area contributed by atoms with E-state index in [-0.39, 0.29) is 11.7 Å². The van der Waals surface area contributed by atoms with Crippen LogP contribution in [0.2, 0.25) is 0 Å². The number of aromatic nitrogens is 3. The summed E-state index contributed by atoms with van der Waals surface area (Å²) in [6, 6.07) is 21.8. The molecular weight excluding hydrogens is 396 g/mol. The highest BCUT2D eigenvalue weighted by molar-refractivity contribution is 7.99. The third-order valence-electron chi connectivity index (χ3n) is 4.59. The molecule has 7 heteroatoms. The SMILES string of the molecule is Cc1ccc(-c2nnc(SCC(=O)NCc3ccccc3)n2Cc2ccco2)cc1. The Labute approximate surface area is 179 Å². The summed E-state index contributed by atoms with van der Waals surface area (Å²) in [5.74, 6) is 1.77. The van der Waals surface area contributed by atoms with Crippen LogP contribution < -0.4 is 5.32 Å². The molecule has 0 aliphatic rings. The van der Waals surface area contributed by atoms with Crippen LogP contribution >= 0.6 is 11.8 Å². The van der Waals surface area contributed by atoms with Gasteiger partial charge in [-0.2, -0.15) is 0 Å². The largest absolute Gasteiger partial charge is 0.467 e. The molecule has 0 aliphatic heterocycles. The second-order valence-electron chi connectivity index (χ2n) is 6.89. The van der Waals surface area contributed by atoms with E-state index in [0.717, 1.165) is 22.7 Å². The van der Waals surface area contributed by atoms with Gasteiger partial charge in [0.2, 0.25) is 5.91 Å². The summed E-state index contributed by atoms with van der Waals surface area (Å²) >= 11 is 1.37. The third kappa shape index (κ3) is 4.99. The first kappa shape index (κ1) is 20.0. The Bertz CT molecular complexity index is 1090. The first-order chi connectivity index (χ1) is 14.7. The van der Waals surface area contributed by atoms with Gasteiger partial charge in [0.25, 0.3) is 0 Å². The van der Waals surface area contributed by atoms with Crippen LogP contribution in [-0.2, 0) is 17.9 Å². The van der Waals surface area contributed by atoms with E-state index < -0.39 is 0 Å². The predicted molar refractivity (Wildman–Crippen MR) is 117 cm³/mol. The van der Waals surface area contributed by atoms with Gasteiger partial charge in [0.1, 0.15) is 5.76 Å². The van der Waals surface area contributed by atoms with E-state index in [9.17, 15) is 4.79 Å². The molecule has 0 saturated heterocycles. The van der Waals surface area contributed by atoms with Gasteiger partial charge in [-0.05, 0) is 24.6 Å². The van der Waals surface area contributed by atoms with Crippen molar-refractivity contribution in [3.8, 4) is 11.4 Å². The van der Waals surface area contributed by atoms with Gasteiger partial charge < -0.3 is 9.73 Å². The topological polar surface area (TPSA) is 73.0 Å². The minimum atomic E-state index is -0.0479. The normalized spacial score (nSPS) is 10.8. The second-order valence-corrected chi connectivity index (χ2v) is 7.83. The Balaban J connectivity index is 1.48. The Kier molecular flexibility index (Phi) is 6.29.